The first kappa shape index (κ1) is 13.0. The van der Waals surface area contributed by atoms with Crippen LogP contribution in [0.1, 0.15) is 15.9 Å². The van der Waals surface area contributed by atoms with Crippen molar-refractivity contribution in [3.05, 3.63) is 27.7 Å². The predicted molar refractivity (Wildman–Crippen MR) is 45.5 cm³/mol. The van der Waals surface area contributed by atoms with Crippen molar-refractivity contribution in [1.29, 1.82) is 0 Å². The van der Waals surface area contributed by atoms with Crippen LogP contribution < -0.4 is 10.3 Å². The lowest BCUT2D eigenvalue weighted by Crippen LogP contribution is -2.25. The van der Waals surface area contributed by atoms with E-state index >= 15 is 0 Å². The number of nitrogens with one attached hydrogen (secondary N) is 1. The Morgan fingerprint density at radius 2 is 2.06 bits per heavy atom. The maximum Gasteiger partial charge on any atom is 0.573 e. The Hall–Kier alpha value is -2.06. The van der Waals surface area contributed by atoms with E-state index in [-0.39, 0.29) is 0 Å². The fourth-order valence-electron chi connectivity index (χ4n) is 1.08. The fraction of sp³-hybridized carbons (Fsp3) is 0.250. The third-order valence-electron chi connectivity index (χ3n) is 1.70. The van der Waals surface area contributed by atoms with E-state index in [1.165, 1.54) is 0 Å². The van der Waals surface area contributed by atoms with E-state index < -0.39 is 41.4 Å². The van der Waals surface area contributed by atoms with Gasteiger partial charge in [0.05, 0.1) is 0 Å². The second kappa shape index (κ2) is 4.44. The van der Waals surface area contributed by atoms with Crippen LogP contribution in [0.2, 0.25) is 0 Å². The maximum absolute atomic E-state index is 12.4. The molecule has 1 aromatic heterocycles. The highest BCUT2D eigenvalue weighted by Crippen LogP contribution is 2.28. The van der Waals surface area contributed by atoms with Crippen molar-refractivity contribution in [3.8, 4) is 5.75 Å². The summed E-state index contributed by atoms with van der Waals surface area (Å²) in [6.07, 6.45) is -4.60. The van der Waals surface area contributed by atoms with Crippen molar-refractivity contribution in [2.24, 2.45) is 0 Å². The number of halogens is 4. The molecule has 1 rings (SSSR count). The van der Waals surface area contributed by atoms with Gasteiger partial charge < -0.3 is 14.8 Å². The van der Waals surface area contributed by atoms with Gasteiger partial charge in [-0.3, -0.25) is 4.79 Å². The smallest absolute Gasteiger partial charge is 0.477 e. The number of hydrogen-bond donors (Lipinski definition) is 2. The van der Waals surface area contributed by atoms with E-state index in [0.29, 0.717) is 6.20 Å². The first-order chi connectivity index (χ1) is 7.76. The van der Waals surface area contributed by atoms with Crippen molar-refractivity contribution < 1.29 is 32.2 Å². The summed E-state index contributed by atoms with van der Waals surface area (Å²) in [7, 11) is 0. The molecule has 0 aliphatic heterocycles. The van der Waals surface area contributed by atoms with Gasteiger partial charge in [0.25, 0.3) is 5.56 Å². The predicted octanol–water partition coefficient (Wildman–Crippen LogP) is 1.44. The number of carbonyl (C=O) groups is 1. The van der Waals surface area contributed by atoms with E-state index in [2.05, 4.69) is 4.74 Å². The molecule has 1 aromatic rings. The highest BCUT2D eigenvalue weighted by Gasteiger charge is 2.35. The van der Waals surface area contributed by atoms with Gasteiger partial charge in [-0.25, -0.2) is 9.18 Å². The standard InChI is InChI=1S/C8H5F4NO4/c9-1-3-2-13-6(14)4(7(15)16)5(3)17-8(10,11)12/h2H,1H2,(H,13,14)(H,15,16). The molecule has 94 valence electrons. The van der Waals surface area contributed by atoms with E-state index in [1.807, 2.05) is 0 Å². The highest BCUT2D eigenvalue weighted by molar-refractivity contribution is 5.90. The zero-order valence-corrected chi connectivity index (χ0v) is 7.97. The Bertz CT molecular complexity index is 493. The SMILES string of the molecule is O=C(O)c1c(OC(F)(F)F)c(CF)c[nH]c1=O. The summed E-state index contributed by atoms with van der Waals surface area (Å²) in [5.41, 5.74) is -3.31. The lowest BCUT2D eigenvalue weighted by molar-refractivity contribution is -0.275. The Morgan fingerprint density at radius 1 is 1.47 bits per heavy atom. The van der Waals surface area contributed by atoms with Crippen LogP contribution >= 0.6 is 0 Å². The molecule has 0 aliphatic carbocycles. The van der Waals surface area contributed by atoms with Crippen molar-refractivity contribution in [2.45, 2.75) is 13.0 Å². The zero-order valence-electron chi connectivity index (χ0n) is 7.97. The van der Waals surface area contributed by atoms with Gasteiger partial charge in [0.15, 0.2) is 11.3 Å². The number of rotatable bonds is 3. The van der Waals surface area contributed by atoms with Crippen LogP contribution in [0.3, 0.4) is 0 Å². The average Bonchev–Trinajstić information content (AvgIpc) is 2.15. The fourth-order valence-corrected chi connectivity index (χ4v) is 1.08. The number of pyridine rings is 1. The summed E-state index contributed by atoms with van der Waals surface area (Å²) >= 11 is 0. The molecule has 0 atom stereocenters. The number of aromatic amines is 1. The second-order valence-corrected chi connectivity index (χ2v) is 2.83. The molecule has 9 heteroatoms. The van der Waals surface area contributed by atoms with E-state index in [0.717, 1.165) is 0 Å². The minimum absolute atomic E-state index is 0.621. The summed E-state index contributed by atoms with van der Waals surface area (Å²) in [6.45, 7) is -1.41. The maximum atomic E-state index is 12.4. The van der Waals surface area contributed by atoms with Crippen LogP contribution in [-0.2, 0) is 6.67 Å². The van der Waals surface area contributed by atoms with Gasteiger partial charge in [0.2, 0.25) is 0 Å². The van der Waals surface area contributed by atoms with Crippen LogP contribution in [0.4, 0.5) is 17.6 Å². The molecule has 0 saturated heterocycles. The molecule has 0 amide bonds. The van der Waals surface area contributed by atoms with Crippen LogP contribution in [0.25, 0.3) is 0 Å². The summed E-state index contributed by atoms with van der Waals surface area (Å²) in [4.78, 5) is 23.4. The highest BCUT2D eigenvalue weighted by atomic mass is 19.4. The molecule has 0 radical (unpaired) electrons. The summed E-state index contributed by atoms with van der Waals surface area (Å²) in [6, 6.07) is 0. The van der Waals surface area contributed by atoms with Crippen molar-refractivity contribution in [3.63, 3.8) is 0 Å². The number of hydrogen-bond acceptors (Lipinski definition) is 3. The number of aromatic carboxylic acids is 1. The molecule has 0 fully saturated rings. The molecular weight excluding hydrogens is 250 g/mol. The number of alkyl halides is 4. The van der Waals surface area contributed by atoms with Gasteiger partial charge in [0, 0.05) is 11.8 Å². The summed E-state index contributed by atoms with van der Waals surface area (Å²) < 4.78 is 51.7. The quantitative estimate of drug-likeness (QED) is 0.801. The molecule has 0 aliphatic rings. The van der Waals surface area contributed by atoms with Gasteiger partial charge in [-0.2, -0.15) is 0 Å². The lowest BCUT2D eigenvalue weighted by Gasteiger charge is -2.13. The molecule has 1 heterocycles. The summed E-state index contributed by atoms with van der Waals surface area (Å²) in [5, 5.41) is 8.57. The van der Waals surface area contributed by atoms with Gasteiger partial charge in [-0.05, 0) is 0 Å². The van der Waals surface area contributed by atoms with Crippen LogP contribution in [0, 0.1) is 0 Å². The zero-order chi connectivity index (χ0) is 13.2. The molecule has 5 nitrogen and oxygen atoms in total. The van der Waals surface area contributed by atoms with E-state index in [9.17, 15) is 27.2 Å². The molecule has 0 spiro atoms. The van der Waals surface area contributed by atoms with Gasteiger partial charge in [-0.1, -0.05) is 0 Å². The van der Waals surface area contributed by atoms with Crippen LogP contribution in [0.15, 0.2) is 11.0 Å². The third-order valence-corrected chi connectivity index (χ3v) is 1.70. The summed E-state index contributed by atoms with van der Waals surface area (Å²) in [5.74, 6) is -3.28. The molecule has 0 unspecified atom stereocenters. The Morgan fingerprint density at radius 3 is 2.47 bits per heavy atom. The minimum atomic E-state index is -5.22. The number of carboxylic acid groups (broad SMARTS) is 1. The molecular formula is C8H5F4NO4. The third kappa shape index (κ3) is 2.95. The van der Waals surface area contributed by atoms with E-state index in [1.54, 1.807) is 4.98 Å². The number of H-pyrrole nitrogens is 1. The Labute approximate surface area is 90.6 Å². The van der Waals surface area contributed by atoms with Crippen molar-refractivity contribution >= 4 is 5.97 Å². The molecule has 2 N–H and O–H groups in total. The van der Waals surface area contributed by atoms with Crippen molar-refractivity contribution in [2.75, 3.05) is 0 Å². The molecule has 0 bridgehead atoms. The topological polar surface area (TPSA) is 79.4 Å². The van der Waals surface area contributed by atoms with Crippen LogP contribution in [0.5, 0.6) is 5.75 Å². The molecule has 0 saturated carbocycles. The first-order valence-corrected chi connectivity index (χ1v) is 4.06. The van der Waals surface area contributed by atoms with Crippen molar-refractivity contribution in [1.82, 2.24) is 4.98 Å². The first-order valence-electron chi connectivity index (χ1n) is 4.06. The second-order valence-electron chi connectivity index (χ2n) is 2.83. The molecule has 0 aromatic carbocycles. The average molecular weight is 255 g/mol. The number of aromatic nitrogens is 1. The largest absolute Gasteiger partial charge is 0.573 e. The lowest BCUT2D eigenvalue weighted by atomic mass is 10.2. The van der Waals surface area contributed by atoms with E-state index in [4.69, 9.17) is 5.11 Å². The molecule has 17 heavy (non-hydrogen) atoms. The van der Waals surface area contributed by atoms with Crippen LogP contribution in [-0.4, -0.2) is 22.4 Å². The van der Waals surface area contributed by atoms with Gasteiger partial charge in [0.1, 0.15) is 6.67 Å². The number of ether oxygens (including phenoxy) is 1. The monoisotopic (exact) mass is 255 g/mol. The Balaban J connectivity index is 3.46. The number of carboxylic acids is 1. The van der Waals surface area contributed by atoms with Gasteiger partial charge in [-0.15, -0.1) is 13.2 Å². The minimum Gasteiger partial charge on any atom is -0.477 e. The van der Waals surface area contributed by atoms with Gasteiger partial charge >= 0.3 is 12.3 Å². The Kier molecular flexibility index (Phi) is 3.39. The normalized spacial score (nSPS) is 11.3.